The molecule has 30 heavy (non-hydrogen) atoms. The topological polar surface area (TPSA) is 64.2 Å². The smallest absolute Gasteiger partial charge is 0.292 e. The van der Waals surface area contributed by atoms with E-state index in [9.17, 15) is 4.79 Å². The number of rotatable bonds is 4. The third-order valence-electron chi connectivity index (χ3n) is 5.95. The van der Waals surface area contributed by atoms with E-state index in [1.807, 2.05) is 54.2 Å². The van der Waals surface area contributed by atoms with Crippen molar-refractivity contribution in [3.8, 4) is 5.69 Å². The first-order chi connectivity index (χ1) is 14.6. The molecule has 150 valence electrons. The van der Waals surface area contributed by atoms with Crippen LogP contribution in [0.4, 0.5) is 0 Å². The summed E-state index contributed by atoms with van der Waals surface area (Å²) in [7, 11) is 2.03. The van der Waals surface area contributed by atoms with E-state index in [1.54, 1.807) is 6.21 Å². The fourth-order valence-corrected chi connectivity index (χ4v) is 4.32. The summed E-state index contributed by atoms with van der Waals surface area (Å²) in [6.07, 6.45) is 4.57. The van der Waals surface area contributed by atoms with Crippen molar-refractivity contribution in [2.75, 3.05) is 0 Å². The fourth-order valence-electron chi connectivity index (χ4n) is 4.32. The molecule has 1 amide bonds. The van der Waals surface area contributed by atoms with E-state index >= 15 is 0 Å². The molecular formula is C24H23N5O. The van der Waals surface area contributed by atoms with Crippen LogP contribution in [0.15, 0.2) is 59.7 Å². The summed E-state index contributed by atoms with van der Waals surface area (Å²) in [4.78, 5) is 12.9. The van der Waals surface area contributed by atoms with Gasteiger partial charge in [0.2, 0.25) is 0 Å². The predicted octanol–water partition coefficient (Wildman–Crippen LogP) is 3.93. The predicted molar refractivity (Wildman–Crippen MR) is 118 cm³/mol. The Balaban J connectivity index is 1.43. The number of hydrogen-bond acceptors (Lipinski definition) is 3. The van der Waals surface area contributed by atoms with E-state index in [0.717, 1.165) is 58.4 Å². The van der Waals surface area contributed by atoms with Crippen molar-refractivity contribution >= 4 is 23.0 Å². The van der Waals surface area contributed by atoms with Gasteiger partial charge in [0.25, 0.3) is 5.91 Å². The lowest BCUT2D eigenvalue weighted by atomic mass is 10.1. The molecule has 2 aromatic heterocycles. The number of para-hydroxylation sites is 2. The maximum Gasteiger partial charge on any atom is 0.292 e. The SMILES string of the molecule is Cc1c(/C=N/NC(=O)c2nn(-c3ccccc3)c3c2CCC3)c2ccccc2n1C. The van der Waals surface area contributed by atoms with Crippen molar-refractivity contribution in [2.45, 2.75) is 26.2 Å². The number of benzene rings is 2. The molecule has 2 aromatic carbocycles. The maximum absolute atomic E-state index is 12.9. The molecule has 6 heteroatoms. The Morgan fingerprint density at radius 1 is 1.10 bits per heavy atom. The third-order valence-corrected chi connectivity index (χ3v) is 5.95. The van der Waals surface area contributed by atoms with Gasteiger partial charge >= 0.3 is 0 Å². The van der Waals surface area contributed by atoms with Crippen LogP contribution in [0.5, 0.6) is 0 Å². The van der Waals surface area contributed by atoms with Crippen molar-refractivity contribution in [2.24, 2.45) is 12.1 Å². The van der Waals surface area contributed by atoms with Gasteiger partial charge in [-0.3, -0.25) is 4.79 Å². The number of carbonyl (C=O) groups excluding carboxylic acids is 1. The van der Waals surface area contributed by atoms with E-state index in [4.69, 9.17) is 0 Å². The van der Waals surface area contributed by atoms with Crippen LogP contribution in [0.2, 0.25) is 0 Å². The summed E-state index contributed by atoms with van der Waals surface area (Å²) in [5.41, 5.74) is 9.54. The van der Waals surface area contributed by atoms with Gasteiger partial charge in [-0.2, -0.15) is 10.2 Å². The average Bonchev–Trinajstić information content (AvgIpc) is 3.44. The molecule has 2 heterocycles. The second kappa shape index (κ2) is 7.30. The van der Waals surface area contributed by atoms with Crippen LogP contribution < -0.4 is 5.43 Å². The molecule has 0 saturated carbocycles. The summed E-state index contributed by atoms with van der Waals surface area (Å²) >= 11 is 0. The van der Waals surface area contributed by atoms with Crippen LogP contribution in [-0.2, 0) is 19.9 Å². The lowest BCUT2D eigenvalue weighted by Crippen LogP contribution is -2.20. The average molecular weight is 397 g/mol. The Morgan fingerprint density at radius 3 is 2.70 bits per heavy atom. The first-order valence-electron chi connectivity index (χ1n) is 10.2. The number of hydrogen-bond donors (Lipinski definition) is 1. The Morgan fingerprint density at radius 2 is 1.87 bits per heavy atom. The molecule has 0 aliphatic heterocycles. The number of aryl methyl sites for hydroxylation is 1. The zero-order chi connectivity index (χ0) is 20.7. The quantitative estimate of drug-likeness (QED) is 0.419. The minimum Gasteiger partial charge on any atom is -0.347 e. The number of nitrogens with zero attached hydrogens (tertiary/aromatic N) is 4. The lowest BCUT2D eigenvalue weighted by molar-refractivity contribution is 0.0949. The Kier molecular flexibility index (Phi) is 4.47. The van der Waals surface area contributed by atoms with Crippen molar-refractivity contribution in [1.29, 1.82) is 0 Å². The molecule has 5 rings (SSSR count). The monoisotopic (exact) mass is 397 g/mol. The molecule has 1 N–H and O–H groups in total. The van der Waals surface area contributed by atoms with Gasteiger partial charge in [0, 0.05) is 40.5 Å². The molecule has 0 unspecified atom stereocenters. The maximum atomic E-state index is 12.9. The Hall–Kier alpha value is -3.67. The minimum absolute atomic E-state index is 0.267. The minimum atomic E-state index is -0.267. The van der Waals surface area contributed by atoms with Gasteiger partial charge in [0.05, 0.1) is 11.9 Å². The summed E-state index contributed by atoms with van der Waals surface area (Å²) in [5.74, 6) is -0.267. The zero-order valence-electron chi connectivity index (χ0n) is 17.1. The first kappa shape index (κ1) is 18.4. The fraction of sp³-hybridized carbons (Fsp3) is 0.208. The van der Waals surface area contributed by atoms with Crippen LogP contribution in [0.25, 0.3) is 16.6 Å². The van der Waals surface area contributed by atoms with Crippen molar-refractivity contribution in [3.63, 3.8) is 0 Å². The van der Waals surface area contributed by atoms with Crippen molar-refractivity contribution in [1.82, 2.24) is 19.8 Å². The lowest BCUT2D eigenvalue weighted by Gasteiger charge is -2.04. The van der Waals surface area contributed by atoms with E-state index in [2.05, 4.69) is 39.2 Å². The highest BCUT2D eigenvalue weighted by molar-refractivity contribution is 6.02. The van der Waals surface area contributed by atoms with Gasteiger partial charge in [-0.25, -0.2) is 10.1 Å². The van der Waals surface area contributed by atoms with Gasteiger partial charge in [-0.1, -0.05) is 36.4 Å². The van der Waals surface area contributed by atoms with Gasteiger partial charge in [-0.15, -0.1) is 0 Å². The molecule has 1 aliphatic rings. The molecule has 0 atom stereocenters. The number of hydrazone groups is 1. The van der Waals surface area contributed by atoms with Gasteiger partial charge in [0.1, 0.15) is 0 Å². The highest BCUT2D eigenvalue weighted by Gasteiger charge is 2.26. The summed E-state index contributed by atoms with van der Waals surface area (Å²) in [5, 5.41) is 10.0. The summed E-state index contributed by atoms with van der Waals surface area (Å²) in [6, 6.07) is 18.1. The van der Waals surface area contributed by atoms with Crippen LogP contribution >= 0.6 is 0 Å². The van der Waals surface area contributed by atoms with Gasteiger partial charge < -0.3 is 4.57 Å². The summed E-state index contributed by atoms with van der Waals surface area (Å²) in [6.45, 7) is 2.05. The molecule has 6 nitrogen and oxygen atoms in total. The standard InChI is InChI=1S/C24H23N5O/c1-16-20(18-11-6-7-13-21(18)28(16)2)15-25-26-24(30)23-19-12-8-14-22(19)29(27-23)17-9-4-3-5-10-17/h3-7,9-11,13,15H,8,12,14H2,1-2H3,(H,26,30)/b25-15+. The van der Waals surface area contributed by atoms with Gasteiger partial charge in [-0.05, 0) is 44.4 Å². The molecule has 0 bridgehead atoms. The van der Waals surface area contributed by atoms with Crippen LogP contribution in [0.3, 0.4) is 0 Å². The Labute approximate surface area is 174 Å². The molecule has 0 radical (unpaired) electrons. The number of aromatic nitrogens is 3. The molecular weight excluding hydrogens is 374 g/mol. The number of fused-ring (bicyclic) bond motifs is 2. The highest BCUT2D eigenvalue weighted by atomic mass is 16.2. The number of nitrogens with one attached hydrogen (secondary N) is 1. The molecule has 0 saturated heterocycles. The molecule has 0 spiro atoms. The Bertz CT molecular complexity index is 1280. The highest BCUT2D eigenvalue weighted by Crippen LogP contribution is 2.28. The largest absolute Gasteiger partial charge is 0.347 e. The second-order valence-electron chi connectivity index (χ2n) is 7.65. The number of carbonyl (C=O) groups is 1. The zero-order valence-corrected chi connectivity index (χ0v) is 17.1. The van der Waals surface area contributed by atoms with Crippen LogP contribution in [-0.4, -0.2) is 26.5 Å². The number of amides is 1. The summed E-state index contributed by atoms with van der Waals surface area (Å²) < 4.78 is 4.03. The van der Waals surface area contributed by atoms with Crippen molar-refractivity contribution < 1.29 is 4.79 Å². The third kappa shape index (κ3) is 2.92. The first-order valence-corrected chi connectivity index (χ1v) is 10.2. The normalized spacial score (nSPS) is 13.3. The molecule has 4 aromatic rings. The van der Waals surface area contributed by atoms with Gasteiger partial charge in [0.15, 0.2) is 5.69 Å². The van der Waals surface area contributed by atoms with Crippen LogP contribution in [0, 0.1) is 6.92 Å². The molecule has 1 aliphatic carbocycles. The van der Waals surface area contributed by atoms with E-state index in [-0.39, 0.29) is 5.91 Å². The van der Waals surface area contributed by atoms with Crippen molar-refractivity contribution in [3.05, 3.63) is 82.8 Å². The second-order valence-corrected chi connectivity index (χ2v) is 7.65. The molecule has 0 fully saturated rings. The van der Waals surface area contributed by atoms with E-state index in [1.165, 1.54) is 0 Å². The van der Waals surface area contributed by atoms with E-state index < -0.39 is 0 Å². The van der Waals surface area contributed by atoms with E-state index in [0.29, 0.717) is 5.69 Å². The van der Waals surface area contributed by atoms with Crippen LogP contribution in [0.1, 0.15) is 39.4 Å².